The highest BCUT2D eigenvalue weighted by Crippen LogP contribution is 2.37. The number of nitrogens with zero attached hydrogens (tertiary/aromatic N) is 1. The fourth-order valence-electron chi connectivity index (χ4n) is 4.51. The van der Waals surface area contributed by atoms with Gasteiger partial charge in [0.15, 0.2) is 6.61 Å². The van der Waals surface area contributed by atoms with Gasteiger partial charge in [0, 0.05) is 6.42 Å². The number of carbonyl (C=O) groups excluding carboxylic acids is 4. The van der Waals surface area contributed by atoms with E-state index in [-0.39, 0.29) is 6.42 Å². The Balaban J connectivity index is 1.49. The van der Waals surface area contributed by atoms with Crippen LogP contribution in [0.25, 0.3) is 0 Å². The number of esters is 1. The number of fused-ring (bicyclic) bond motifs is 1. The third-order valence-corrected chi connectivity index (χ3v) is 6.25. The summed E-state index contributed by atoms with van der Waals surface area (Å²) < 4.78 is 44.7. The van der Waals surface area contributed by atoms with Crippen LogP contribution in [0.5, 0.6) is 0 Å². The summed E-state index contributed by atoms with van der Waals surface area (Å²) in [7, 11) is 0. The maximum atomic E-state index is 13.2. The summed E-state index contributed by atoms with van der Waals surface area (Å²) in [5, 5.41) is 2.10. The molecule has 3 amide bonds. The number of amides is 3. The van der Waals surface area contributed by atoms with Gasteiger partial charge in [-0.15, -0.1) is 0 Å². The number of para-hydroxylation sites is 1. The Morgan fingerprint density at radius 3 is 2.14 bits per heavy atom. The number of imide groups is 1. The third-order valence-electron chi connectivity index (χ3n) is 6.25. The van der Waals surface area contributed by atoms with E-state index in [1.807, 2.05) is 12.2 Å². The highest BCUT2D eigenvalue weighted by Gasteiger charge is 2.51. The number of nitrogens with one attached hydrogen (secondary N) is 1. The summed E-state index contributed by atoms with van der Waals surface area (Å²) in [6.45, 7) is -0.888. The summed E-state index contributed by atoms with van der Waals surface area (Å²) in [5.74, 6) is -4.06. The number of allylic oxidation sites excluding steroid dienone is 2. The smallest absolute Gasteiger partial charge is 0.418 e. The second kappa shape index (κ2) is 10.3. The van der Waals surface area contributed by atoms with Crippen molar-refractivity contribution in [3.05, 3.63) is 77.9 Å². The number of benzene rings is 2. The number of hydrogen-bond acceptors (Lipinski definition) is 5. The van der Waals surface area contributed by atoms with E-state index in [9.17, 15) is 32.3 Å². The predicted molar refractivity (Wildman–Crippen MR) is 122 cm³/mol. The van der Waals surface area contributed by atoms with Crippen molar-refractivity contribution < 1.29 is 37.1 Å². The van der Waals surface area contributed by atoms with Gasteiger partial charge in [0.2, 0.25) is 11.8 Å². The lowest BCUT2D eigenvalue weighted by Gasteiger charge is -2.25. The van der Waals surface area contributed by atoms with E-state index < -0.39 is 65.6 Å². The van der Waals surface area contributed by atoms with Crippen LogP contribution in [0.4, 0.5) is 18.9 Å². The van der Waals surface area contributed by atoms with Crippen LogP contribution >= 0.6 is 0 Å². The largest absolute Gasteiger partial charge is 0.454 e. The lowest BCUT2D eigenvalue weighted by molar-refractivity contribution is -0.160. The minimum absolute atomic E-state index is 0.0252. The van der Waals surface area contributed by atoms with E-state index in [4.69, 9.17) is 4.74 Å². The number of anilines is 1. The van der Waals surface area contributed by atoms with Gasteiger partial charge in [0.05, 0.1) is 23.1 Å². The maximum Gasteiger partial charge on any atom is 0.418 e. The fourth-order valence-corrected chi connectivity index (χ4v) is 4.51. The summed E-state index contributed by atoms with van der Waals surface area (Å²) >= 11 is 0. The van der Waals surface area contributed by atoms with Crippen molar-refractivity contribution in [3.8, 4) is 0 Å². The number of rotatable bonds is 7. The van der Waals surface area contributed by atoms with E-state index in [0.717, 1.165) is 17.0 Å². The van der Waals surface area contributed by atoms with Gasteiger partial charge in [0.1, 0.15) is 6.04 Å². The molecule has 0 aromatic heterocycles. The Kier molecular flexibility index (Phi) is 7.23. The number of alkyl halides is 3. The molecule has 188 valence electrons. The van der Waals surface area contributed by atoms with Gasteiger partial charge < -0.3 is 10.1 Å². The molecule has 7 nitrogen and oxygen atoms in total. The number of halogens is 3. The van der Waals surface area contributed by atoms with Crippen molar-refractivity contribution in [3.63, 3.8) is 0 Å². The van der Waals surface area contributed by atoms with Crippen molar-refractivity contribution in [2.75, 3.05) is 11.9 Å². The standard InChI is InChI=1S/C26H23F3N2O5/c27-26(28,29)19-12-6-7-13-20(19)30-22(32)15-36-25(35)21(14-16-8-2-1-3-9-16)31-23(33)17-10-4-5-11-18(17)24(31)34/h1-9,12-13,17-18,21H,10-11,14-15H2,(H,30,32)/t17-,18-,21-/m0/s1. The summed E-state index contributed by atoms with van der Waals surface area (Å²) in [6.07, 6.45) is -0.293. The minimum atomic E-state index is -4.69. The second-order valence-corrected chi connectivity index (χ2v) is 8.61. The number of likely N-dealkylation sites (tertiary alicyclic amines) is 1. The predicted octanol–water partition coefficient (Wildman–Crippen LogP) is 3.75. The van der Waals surface area contributed by atoms with Crippen LogP contribution in [-0.4, -0.2) is 41.2 Å². The van der Waals surface area contributed by atoms with Gasteiger partial charge in [-0.1, -0.05) is 54.6 Å². The van der Waals surface area contributed by atoms with E-state index in [2.05, 4.69) is 5.32 Å². The zero-order chi connectivity index (χ0) is 25.9. The quantitative estimate of drug-likeness (QED) is 0.355. The zero-order valence-electron chi connectivity index (χ0n) is 19.0. The molecule has 1 aliphatic heterocycles. The maximum absolute atomic E-state index is 13.2. The van der Waals surface area contributed by atoms with Crippen LogP contribution in [0.15, 0.2) is 66.7 Å². The first-order valence-corrected chi connectivity index (χ1v) is 11.4. The molecule has 1 aliphatic carbocycles. The van der Waals surface area contributed by atoms with Gasteiger partial charge in [0.25, 0.3) is 5.91 Å². The van der Waals surface area contributed by atoms with Crippen molar-refractivity contribution in [2.24, 2.45) is 11.8 Å². The molecule has 3 atom stereocenters. The lowest BCUT2D eigenvalue weighted by Crippen LogP contribution is -2.48. The van der Waals surface area contributed by atoms with E-state index in [1.54, 1.807) is 30.3 Å². The molecule has 1 saturated heterocycles. The van der Waals surface area contributed by atoms with Crippen LogP contribution in [0.3, 0.4) is 0 Å². The molecule has 0 unspecified atom stereocenters. The average molecular weight is 500 g/mol. The third kappa shape index (κ3) is 5.32. The zero-order valence-corrected chi connectivity index (χ0v) is 19.0. The van der Waals surface area contributed by atoms with Crippen LogP contribution < -0.4 is 5.32 Å². The van der Waals surface area contributed by atoms with Crippen molar-refractivity contribution >= 4 is 29.4 Å². The Hall–Kier alpha value is -3.95. The fraction of sp³-hybridized carbons (Fsp3) is 0.308. The summed E-state index contributed by atoms with van der Waals surface area (Å²) in [4.78, 5) is 52.5. The minimum Gasteiger partial charge on any atom is -0.454 e. The van der Waals surface area contributed by atoms with Crippen LogP contribution in [-0.2, 0) is 36.5 Å². The Labute approximate surface area is 204 Å². The Morgan fingerprint density at radius 2 is 1.53 bits per heavy atom. The first-order chi connectivity index (χ1) is 17.2. The van der Waals surface area contributed by atoms with Crippen LogP contribution in [0.2, 0.25) is 0 Å². The number of hydrogen-bond donors (Lipinski definition) is 1. The van der Waals surface area contributed by atoms with Gasteiger partial charge in [-0.2, -0.15) is 13.2 Å². The molecule has 2 aromatic rings. The summed E-state index contributed by atoms with van der Waals surface area (Å²) in [5.41, 5.74) is -0.860. The lowest BCUT2D eigenvalue weighted by atomic mass is 9.85. The molecule has 36 heavy (non-hydrogen) atoms. The molecule has 10 heteroatoms. The normalized spacial score (nSPS) is 20.1. The second-order valence-electron chi connectivity index (χ2n) is 8.61. The molecular weight excluding hydrogens is 477 g/mol. The first kappa shape index (κ1) is 25.2. The van der Waals surface area contributed by atoms with Crippen molar-refractivity contribution in [1.29, 1.82) is 0 Å². The highest BCUT2D eigenvalue weighted by atomic mass is 19.4. The van der Waals surface area contributed by atoms with Crippen LogP contribution in [0, 0.1) is 11.8 Å². The molecule has 0 spiro atoms. The van der Waals surface area contributed by atoms with Gasteiger partial charge >= 0.3 is 12.1 Å². The molecule has 0 saturated carbocycles. The van der Waals surface area contributed by atoms with Gasteiger partial charge in [-0.25, -0.2) is 4.79 Å². The SMILES string of the molecule is O=C(COC(=O)[C@H](Cc1ccccc1)N1C(=O)[C@H]2CC=CC[C@@H]2C1=O)Nc1ccccc1C(F)(F)F. The monoisotopic (exact) mass is 500 g/mol. The first-order valence-electron chi connectivity index (χ1n) is 11.4. The van der Waals surface area contributed by atoms with E-state index >= 15 is 0 Å². The molecule has 2 aliphatic rings. The topological polar surface area (TPSA) is 92.8 Å². The number of carbonyl (C=O) groups is 4. The Morgan fingerprint density at radius 1 is 0.944 bits per heavy atom. The average Bonchev–Trinajstić information content (AvgIpc) is 3.11. The molecule has 0 bridgehead atoms. The van der Waals surface area contributed by atoms with Crippen molar-refractivity contribution in [2.45, 2.75) is 31.5 Å². The molecule has 1 fully saturated rings. The van der Waals surface area contributed by atoms with E-state index in [1.165, 1.54) is 12.1 Å². The molecule has 0 radical (unpaired) electrons. The van der Waals surface area contributed by atoms with Crippen LogP contribution in [0.1, 0.15) is 24.0 Å². The molecular formula is C26H23F3N2O5. The van der Waals surface area contributed by atoms with E-state index in [0.29, 0.717) is 18.4 Å². The van der Waals surface area contributed by atoms with Gasteiger partial charge in [-0.3, -0.25) is 19.3 Å². The highest BCUT2D eigenvalue weighted by molar-refractivity contribution is 6.08. The Bertz CT molecular complexity index is 1170. The van der Waals surface area contributed by atoms with Crippen molar-refractivity contribution in [1.82, 2.24) is 4.90 Å². The molecule has 1 heterocycles. The molecule has 1 N–H and O–H groups in total. The molecule has 4 rings (SSSR count). The van der Waals surface area contributed by atoms with Gasteiger partial charge in [-0.05, 0) is 30.5 Å². The molecule has 2 aromatic carbocycles. The summed E-state index contributed by atoms with van der Waals surface area (Å²) in [6, 6.07) is 11.8. The number of ether oxygens (including phenoxy) is 1.